The number of hydrogen-bond donors (Lipinski definition) is 1. The van der Waals surface area contributed by atoms with E-state index in [1.54, 1.807) is 6.07 Å². The van der Waals surface area contributed by atoms with Gasteiger partial charge >= 0.3 is 0 Å². The van der Waals surface area contributed by atoms with Crippen LogP contribution in [0.25, 0.3) is 0 Å². The summed E-state index contributed by atoms with van der Waals surface area (Å²) < 4.78 is 0. The van der Waals surface area contributed by atoms with E-state index < -0.39 is 0 Å². The van der Waals surface area contributed by atoms with Crippen molar-refractivity contribution in [3.63, 3.8) is 0 Å². The fourth-order valence-corrected chi connectivity index (χ4v) is 2.43. The summed E-state index contributed by atoms with van der Waals surface area (Å²) in [5, 5.41) is 9.51. The number of halogens is 1. The molecule has 1 aromatic carbocycles. The minimum absolute atomic E-state index is 0. The molecule has 2 atom stereocenters. The summed E-state index contributed by atoms with van der Waals surface area (Å²) in [7, 11) is 4.21. The smallest absolute Gasteiger partial charge is 0.115 e. The Morgan fingerprint density at radius 3 is 2.41 bits per heavy atom. The van der Waals surface area contributed by atoms with Gasteiger partial charge in [-0.15, -0.1) is 12.4 Å². The Kier molecular flexibility index (Phi) is 7.24. The molecule has 0 heterocycles. The summed E-state index contributed by atoms with van der Waals surface area (Å²) in [5.74, 6) is 1.49. The zero-order chi connectivity index (χ0) is 12.1. The van der Waals surface area contributed by atoms with Gasteiger partial charge in [0, 0.05) is 6.54 Å². The van der Waals surface area contributed by atoms with Gasteiger partial charge in [-0.2, -0.15) is 0 Å². The van der Waals surface area contributed by atoms with Crippen LogP contribution in [-0.2, 0) is 0 Å². The first-order valence-electron chi connectivity index (χ1n) is 5.98. The number of nitrogens with zero attached hydrogens (tertiary/aromatic N) is 1. The number of benzene rings is 1. The van der Waals surface area contributed by atoms with Crippen molar-refractivity contribution in [2.45, 2.75) is 26.2 Å². The van der Waals surface area contributed by atoms with E-state index in [0.29, 0.717) is 17.6 Å². The number of phenolic OH excluding ortho intramolecular Hbond substituents is 1. The molecule has 98 valence electrons. The first-order valence-corrected chi connectivity index (χ1v) is 5.98. The van der Waals surface area contributed by atoms with E-state index in [0.717, 1.165) is 13.0 Å². The van der Waals surface area contributed by atoms with Crippen LogP contribution in [0, 0.1) is 5.92 Å². The Morgan fingerprint density at radius 1 is 1.29 bits per heavy atom. The summed E-state index contributed by atoms with van der Waals surface area (Å²) >= 11 is 0. The Labute approximate surface area is 111 Å². The molecule has 1 unspecified atom stereocenters. The maximum absolute atomic E-state index is 9.51. The number of phenols is 1. The van der Waals surface area contributed by atoms with Crippen molar-refractivity contribution in [1.82, 2.24) is 4.90 Å². The third-order valence-corrected chi connectivity index (χ3v) is 3.08. The van der Waals surface area contributed by atoms with Crippen molar-refractivity contribution >= 4 is 12.4 Å². The third kappa shape index (κ3) is 4.97. The summed E-state index contributed by atoms with van der Waals surface area (Å²) in [4.78, 5) is 2.22. The van der Waals surface area contributed by atoms with Gasteiger partial charge in [0.05, 0.1) is 0 Å². The molecule has 2 nitrogen and oxygen atoms in total. The van der Waals surface area contributed by atoms with Crippen LogP contribution in [0.4, 0.5) is 0 Å². The maximum atomic E-state index is 9.51. The van der Waals surface area contributed by atoms with E-state index in [4.69, 9.17) is 0 Å². The highest BCUT2D eigenvalue weighted by molar-refractivity contribution is 5.85. The molecule has 0 saturated heterocycles. The van der Waals surface area contributed by atoms with Crippen molar-refractivity contribution < 1.29 is 5.11 Å². The van der Waals surface area contributed by atoms with Crippen LogP contribution in [-0.4, -0.2) is 30.6 Å². The lowest BCUT2D eigenvalue weighted by atomic mass is 9.85. The van der Waals surface area contributed by atoms with Gasteiger partial charge < -0.3 is 10.0 Å². The van der Waals surface area contributed by atoms with Gasteiger partial charge in [0.1, 0.15) is 5.75 Å². The molecule has 1 aromatic rings. The largest absolute Gasteiger partial charge is 0.508 e. The normalized spacial score (nSPS) is 14.2. The van der Waals surface area contributed by atoms with Crippen molar-refractivity contribution in [2.24, 2.45) is 5.92 Å². The van der Waals surface area contributed by atoms with E-state index in [9.17, 15) is 5.11 Å². The molecule has 0 bridgehead atoms. The van der Waals surface area contributed by atoms with Crippen LogP contribution in [0.15, 0.2) is 24.3 Å². The van der Waals surface area contributed by atoms with Crippen LogP contribution in [0.2, 0.25) is 0 Å². The molecular formula is C14H24ClNO. The molecule has 0 saturated carbocycles. The van der Waals surface area contributed by atoms with Crippen molar-refractivity contribution in [2.75, 3.05) is 20.6 Å². The van der Waals surface area contributed by atoms with E-state index in [1.807, 2.05) is 12.1 Å². The second-order valence-corrected chi connectivity index (χ2v) is 4.85. The minimum atomic E-state index is 0. The molecule has 0 aliphatic heterocycles. The van der Waals surface area contributed by atoms with Gasteiger partial charge in [-0.25, -0.2) is 0 Å². The lowest BCUT2D eigenvalue weighted by Gasteiger charge is -2.26. The monoisotopic (exact) mass is 257 g/mol. The zero-order valence-electron chi connectivity index (χ0n) is 11.2. The van der Waals surface area contributed by atoms with Gasteiger partial charge in [0.15, 0.2) is 0 Å². The van der Waals surface area contributed by atoms with Gasteiger partial charge in [-0.05, 0) is 50.0 Å². The van der Waals surface area contributed by atoms with E-state index >= 15 is 0 Å². The molecular weight excluding hydrogens is 234 g/mol. The van der Waals surface area contributed by atoms with Crippen LogP contribution in [0.5, 0.6) is 5.75 Å². The van der Waals surface area contributed by atoms with Gasteiger partial charge in [-0.3, -0.25) is 0 Å². The molecule has 0 aromatic heterocycles. The predicted molar refractivity (Wildman–Crippen MR) is 76.1 cm³/mol. The van der Waals surface area contributed by atoms with Crippen LogP contribution in [0.1, 0.15) is 31.7 Å². The topological polar surface area (TPSA) is 23.5 Å². The standard InChI is InChI=1S/C14H23NO.ClH/c1-5-14(11(2)10-15(3)4)12-7-6-8-13(16)9-12;/h6-9,11,14,16H,5,10H2,1-4H3;1H/t11-,14?;/m0./s1. The molecule has 3 heteroatoms. The zero-order valence-corrected chi connectivity index (χ0v) is 12.0. The number of aromatic hydroxyl groups is 1. The average Bonchev–Trinajstić information content (AvgIpc) is 2.17. The minimum Gasteiger partial charge on any atom is -0.508 e. The summed E-state index contributed by atoms with van der Waals surface area (Å²) in [5.41, 5.74) is 1.25. The second-order valence-electron chi connectivity index (χ2n) is 4.85. The molecule has 1 rings (SSSR count). The van der Waals surface area contributed by atoms with Crippen molar-refractivity contribution in [1.29, 1.82) is 0 Å². The Balaban J connectivity index is 0.00000256. The Hall–Kier alpha value is -0.730. The highest BCUT2D eigenvalue weighted by Gasteiger charge is 2.18. The maximum Gasteiger partial charge on any atom is 0.115 e. The van der Waals surface area contributed by atoms with Crippen LogP contribution >= 0.6 is 12.4 Å². The summed E-state index contributed by atoms with van der Waals surface area (Å²) in [6.07, 6.45) is 1.11. The number of rotatable bonds is 5. The number of hydrogen-bond acceptors (Lipinski definition) is 2. The molecule has 0 fully saturated rings. The highest BCUT2D eigenvalue weighted by atomic mass is 35.5. The summed E-state index contributed by atoms with van der Waals surface area (Å²) in [6.45, 7) is 5.56. The first-order chi connectivity index (χ1) is 7.54. The molecule has 0 aliphatic carbocycles. The van der Waals surface area contributed by atoms with Gasteiger partial charge in [0.25, 0.3) is 0 Å². The quantitative estimate of drug-likeness (QED) is 0.873. The van der Waals surface area contributed by atoms with E-state index in [2.05, 4.69) is 38.9 Å². The molecule has 0 amide bonds. The molecule has 0 aliphatic rings. The Bertz CT molecular complexity index is 328. The molecule has 17 heavy (non-hydrogen) atoms. The highest BCUT2D eigenvalue weighted by Crippen LogP contribution is 2.30. The lowest BCUT2D eigenvalue weighted by molar-refractivity contribution is 0.301. The molecule has 0 spiro atoms. The first kappa shape index (κ1) is 16.3. The second kappa shape index (κ2) is 7.57. The Morgan fingerprint density at radius 2 is 1.94 bits per heavy atom. The fraction of sp³-hybridized carbons (Fsp3) is 0.571. The predicted octanol–water partition coefficient (Wildman–Crippen LogP) is 3.51. The van der Waals surface area contributed by atoms with Crippen LogP contribution < -0.4 is 0 Å². The summed E-state index contributed by atoms with van der Waals surface area (Å²) in [6, 6.07) is 7.66. The molecule has 1 N–H and O–H groups in total. The van der Waals surface area contributed by atoms with Crippen molar-refractivity contribution in [3.8, 4) is 5.75 Å². The van der Waals surface area contributed by atoms with E-state index in [-0.39, 0.29) is 12.4 Å². The SMILES string of the molecule is CCC(c1cccc(O)c1)[C@@H](C)CN(C)C.Cl. The third-order valence-electron chi connectivity index (χ3n) is 3.08. The molecule has 0 radical (unpaired) electrons. The average molecular weight is 258 g/mol. The van der Waals surface area contributed by atoms with Gasteiger partial charge in [0.2, 0.25) is 0 Å². The lowest BCUT2D eigenvalue weighted by Crippen LogP contribution is -2.24. The van der Waals surface area contributed by atoms with E-state index in [1.165, 1.54) is 5.56 Å². The van der Waals surface area contributed by atoms with Gasteiger partial charge in [-0.1, -0.05) is 26.0 Å². The van der Waals surface area contributed by atoms with Crippen LogP contribution in [0.3, 0.4) is 0 Å². The van der Waals surface area contributed by atoms with Crippen molar-refractivity contribution in [3.05, 3.63) is 29.8 Å². The fourth-order valence-electron chi connectivity index (χ4n) is 2.43.